The second kappa shape index (κ2) is 6.03. The largest absolute Gasteiger partial charge is 0.349 e. The number of carbonyl (C=O) groups excluding carboxylic acids is 1. The zero-order valence-electron chi connectivity index (χ0n) is 11.6. The standard InChI is InChI=1S/C15H17FN4O/c16-13-10-17-4-1-12(13)15(21)20-7-2-11(3-8-20)9-14-18-5-6-19-14/h1,4-6,10-11H,2-3,7-9H2,(H,18,19). The Morgan fingerprint density at radius 1 is 1.38 bits per heavy atom. The molecule has 5 nitrogen and oxygen atoms in total. The molecule has 0 saturated carbocycles. The maximum atomic E-state index is 13.6. The van der Waals surface area contributed by atoms with Gasteiger partial charge in [-0.1, -0.05) is 0 Å². The molecule has 1 saturated heterocycles. The topological polar surface area (TPSA) is 61.9 Å². The van der Waals surface area contributed by atoms with Crippen molar-refractivity contribution in [3.05, 3.63) is 48.1 Å². The van der Waals surface area contributed by atoms with Gasteiger partial charge in [-0.15, -0.1) is 0 Å². The highest BCUT2D eigenvalue weighted by Crippen LogP contribution is 2.22. The number of H-pyrrole nitrogens is 1. The number of amides is 1. The molecule has 0 radical (unpaired) electrons. The number of aromatic amines is 1. The number of pyridine rings is 1. The van der Waals surface area contributed by atoms with Crippen molar-refractivity contribution < 1.29 is 9.18 Å². The zero-order valence-corrected chi connectivity index (χ0v) is 11.6. The average molecular weight is 288 g/mol. The number of imidazole rings is 1. The van der Waals surface area contributed by atoms with E-state index < -0.39 is 5.82 Å². The summed E-state index contributed by atoms with van der Waals surface area (Å²) in [5.41, 5.74) is 0.106. The first-order valence-electron chi connectivity index (χ1n) is 7.11. The summed E-state index contributed by atoms with van der Waals surface area (Å²) in [6.07, 6.45) is 8.83. The van der Waals surface area contributed by atoms with Gasteiger partial charge in [-0.2, -0.15) is 0 Å². The van der Waals surface area contributed by atoms with Crippen LogP contribution in [0.25, 0.3) is 0 Å². The van der Waals surface area contributed by atoms with Crippen LogP contribution in [0.2, 0.25) is 0 Å². The number of nitrogens with zero attached hydrogens (tertiary/aromatic N) is 3. The number of hydrogen-bond acceptors (Lipinski definition) is 3. The Bertz CT molecular complexity index is 606. The summed E-state index contributed by atoms with van der Waals surface area (Å²) in [6.45, 7) is 1.32. The van der Waals surface area contributed by atoms with Crippen LogP contribution in [0.5, 0.6) is 0 Å². The number of rotatable bonds is 3. The number of hydrogen-bond donors (Lipinski definition) is 1. The van der Waals surface area contributed by atoms with Gasteiger partial charge >= 0.3 is 0 Å². The molecule has 1 aliphatic rings. The van der Waals surface area contributed by atoms with Gasteiger partial charge in [-0.3, -0.25) is 9.78 Å². The molecule has 3 rings (SSSR count). The molecule has 6 heteroatoms. The van der Waals surface area contributed by atoms with E-state index in [0.717, 1.165) is 31.3 Å². The molecule has 3 heterocycles. The molecule has 0 spiro atoms. The molecule has 0 unspecified atom stereocenters. The highest BCUT2D eigenvalue weighted by molar-refractivity contribution is 5.94. The number of halogens is 1. The minimum absolute atomic E-state index is 0.106. The van der Waals surface area contributed by atoms with Crippen LogP contribution in [0, 0.1) is 11.7 Å². The average Bonchev–Trinajstić information content (AvgIpc) is 3.01. The molecule has 1 fully saturated rings. The van der Waals surface area contributed by atoms with Gasteiger partial charge in [0, 0.05) is 38.1 Å². The molecule has 2 aromatic heterocycles. The summed E-state index contributed by atoms with van der Waals surface area (Å²) in [5, 5.41) is 0. The summed E-state index contributed by atoms with van der Waals surface area (Å²) in [5.74, 6) is 0.703. The lowest BCUT2D eigenvalue weighted by Gasteiger charge is -2.31. The third kappa shape index (κ3) is 3.09. The Hall–Kier alpha value is -2.24. The van der Waals surface area contributed by atoms with Crippen molar-refractivity contribution in [1.29, 1.82) is 0 Å². The molecule has 1 aliphatic heterocycles. The first kappa shape index (κ1) is 13.7. The number of carbonyl (C=O) groups is 1. The quantitative estimate of drug-likeness (QED) is 0.940. The van der Waals surface area contributed by atoms with E-state index in [1.165, 1.54) is 12.3 Å². The molecular formula is C15H17FN4O. The van der Waals surface area contributed by atoms with E-state index >= 15 is 0 Å². The molecule has 110 valence electrons. The Labute approximate surface area is 122 Å². The van der Waals surface area contributed by atoms with E-state index in [2.05, 4.69) is 15.0 Å². The third-order valence-electron chi connectivity index (χ3n) is 3.94. The maximum absolute atomic E-state index is 13.6. The van der Waals surface area contributed by atoms with E-state index in [4.69, 9.17) is 0 Å². The highest BCUT2D eigenvalue weighted by atomic mass is 19.1. The van der Waals surface area contributed by atoms with Gasteiger partial charge < -0.3 is 9.88 Å². The fraction of sp³-hybridized carbons (Fsp3) is 0.400. The Morgan fingerprint density at radius 2 is 2.19 bits per heavy atom. The monoisotopic (exact) mass is 288 g/mol. The SMILES string of the molecule is O=C(c1ccncc1F)N1CCC(Cc2ncc[nH]2)CC1. The van der Waals surface area contributed by atoms with Crippen molar-refractivity contribution in [1.82, 2.24) is 19.9 Å². The molecule has 0 atom stereocenters. The number of nitrogens with one attached hydrogen (secondary N) is 1. The van der Waals surface area contributed by atoms with Gasteiger partial charge in [-0.25, -0.2) is 9.37 Å². The van der Waals surface area contributed by atoms with Crippen molar-refractivity contribution >= 4 is 5.91 Å². The molecule has 21 heavy (non-hydrogen) atoms. The smallest absolute Gasteiger partial charge is 0.256 e. The normalized spacial score (nSPS) is 16.1. The van der Waals surface area contributed by atoms with E-state index in [9.17, 15) is 9.18 Å². The van der Waals surface area contributed by atoms with Crippen LogP contribution >= 0.6 is 0 Å². The van der Waals surface area contributed by atoms with E-state index in [0.29, 0.717) is 19.0 Å². The fourth-order valence-electron chi connectivity index (χ4n) is 2.74. The number of aromatic nitrogens is 3. The van der Waals surface area contributed by atoms with Crippen molar-refractivity contribution in [2.45, 2.75) is 19.3 Å². The summed E-state index contributed by atoms with van der Waals surface area (Å²) in [7, 11) is 0. The van der Waals surface area contributed by atoms with Gasteiger partial charge in [0.25, 0.3) is 5.91 Å². The lowest BCUT2D eigenvalue weighted by atomic mass is 9.93. The molecule has 0 aromatic carbocycles. The summed E-state index contributed by atoms with van der Waals surface area (Å²) < 4.78 is 13.6. The minimum atomic E-state index is -0.555. The van der Waals surface area contributed by atoms with Crippen LogP contribution in [-0.4, -0.2) is 38.8 Å². The Morgan fingerprint density at radius 3 is 2.86 bits per heavy atom. The number of likely N-dealkylation sites (tertiary alicyclic amines) is 1. The lowest BCUT2D eigenvalue weighted by Crippen LogP contribution is -2.39. The van der Waals surface area contributed by atoms with Crippen molar-refractivity contribution in [2.75, 3.05) is 13.1 Å². The lowest BCUT2D eigenvalue weighted by molar-refractivity contribution is 0.0685. The second-order valence-electron chi connectivity index (χ2n) is 5.33. The van der Waals surface area contributed by atoms with Crippen molar-refractivity contribution in [3.8, 4) is 0 Å². The predicted molar refractivity (Wildman–Crippen MR) is 75.1 cm³/mol. The molecule has 2 aromatic rings. The zero-order chi connectivity index (χ0) is 14.7. The first-order chi connectivity index (χ1) is 10.2. The summed E-state index contributed by atoms with van der Waals surface area (Å²) in [6, 6.07) is 1.44. The minimum Gasteiger partial charge on any atom is -0.349 e. The van der Waals surface area contributed by atoms with Crippen LogP contribution in [0.1, 0.15) is 29.0 Å². The van der Waals surface area contributed by atoms with Crippen molar-refractivity contribution in [2.24, 2.45) is 5.92 Å². The Balaban J connectivity index is 1.58. The van der Waals surface area contributed by atoms with Gasteiger partial charge in [0.1, 0.15) is 5.82 Å². The van der Waals surface area contributed by atoms with Crippen LogP contribution in [-0.2, 0) is 6.42 Å². The van der Waals surface area contributed by atoms with Crippen LogP contribution in [0.4, 0.5) is 4.39 Å². The molecular weight excluding hydrogens is 271 g/mol. The molecule has 0 aliphatic carbocycles. The van der Waals surface area contributed by atoms with Gasteiger partial charge in [0.05, 0.1) is 11.8 Å². The van der Waals surface area contributed by atoms with Gasteiger partial charge in [-0.05, 0) is 24.8 Å². The van der Waals surface area contributed by atoms with Crippen LogP contribution < -0.4 is 0 Å². The number of piperidine rings is 1. The maximum Gasteiger partial charge on any atom is 0.256 e. The summed E-state index contributed by atoms with van der Waals surface area (Å²) >= 11 is 0. The van der Waals surface area contributed by atoms with Gasteiger partial charge in [0.15, 0.2) is 5.82 Å². The van der Waals surface area contributed by atoms with E-state index in [1.54, 1.807) is 11.1 Å². The van der Waals surface area contributed by atoms with Crippen molar-refractivity contribution in [3.63, 3.8) is 0 Å². The van der Waals surface area contributed by atoms with E-state index in [1.807, 2.05) is 6.20 Å². The second-order valence-corrected chi connectivity index (χ2v) is 5.33. The van der Waals surface area contributed by atoms with Crippen LogP contribution in [0.3, 0.4) is 0 Å². The predicted octanol–water partition coefficient (Wildman–Crippen LogP) is 2.04. The van der Waals surface area contributed by atoms with E-state index in [-0.39, 0.29) is 11.5 Å². The summed E-state index contributed by atoms with van der Waals surface area (Å²) in [4.78, 5) is 25.0. The van der Waals surface area contributed by atoms with Gasteiger partial charge in [0.2, 0.25) is 0 Å². The molecule has 1 amide bonds. The first-order valence-corrected chi connectivity index (χ1v) is 7.11. The molecule has 1 N–H and O–H groups in total. The van der Waals surface area contributed by atoms with Crippen LogP contribution in [0.15, 0.2) is 30.9 Å². The third-order valence-corrected chi connectivity index (χ3v) is 3.94. The Kier molecular flexibility index (Phi) is 3.94. The molecule has 0 bridgehead atoms. The highest BCUT2D eigenvalue weighted by Gasteiger charge is 2.25. The fourth-order valence-corrected chi connectivity index (χ4v) is 2.74.